The van der Waals surface area contributed by atoms with Crippen LogP contribution in [0.1, 0.15) is 46.2 Å². The number of aryl methyl sites for hydroxylation is 1. The number of hydrogen-bond donors (Lipinski definition) is 0. The lowest BCUT2D eigenvalue weighted by atomic mass is 10.1. The molecule has 7 heteroatoms. The number of benzene rings is 1. The van der Waals surface area contributed by atoms with E-state index in [2.05, 4.69) is 42.0 Å². The third-order valence-corrected chi connectivity index (χ3v) is 6.31. The molecule has 7 nitrogen and oxygen atoms in total. The van der Waals surface area contributed by atoms with Crippen molar-refractivity contribution in [1.29, 1.82) is 0 Å². The van der Waals surface area contributed by atoms with Crippen LogP contribution < -0.4 is 4.90 Å². The molecule has 30 heavy (non-hydrogen) atoms. The summed E-state index contributed by atoms with van der Waals surface area (Å²) in [6, 6.07) is 6.38. The molecule has 4 rings (SSSR count). The maximum atomic E-state index is 13.0. The van der Waals surface area contributed by atoms with Crippen LogP contribution in [0.2, 0.25) is 0 Å². The summed E-state index contributed by atoms with van der Waals surface area (Å²) in [5, 5.41) is 4.45. The Labute approximate surface area is 177 Å². The lowest BCUT2D eigenvalue weighted by molar-refractivity contribution is -0.132. The van der Waals surface area contributed by atoms with Gasteiger partial charge in [0.05, 0.1) is 6.61 Å². The first-order valence-electron chi connectivity index (χ1n) is 10.8. The Morgan fingerprint density at radius 1 is 1.10 bits per heavy atom. The average molecular weight is 411 g/mol. The van der Waals surface area contributed by atoms with E-state index in [1.807, 2.05) is 4.90 Å². The fourth-order valence-electron chi connectivity index (χ4n) is 4.51. The average Bonchev–Trinajstić information content (AvgIpc) is 3.34. The number of rotatable bonds is 5. The molecule has 0 spiro atoms. The van der Waals surface area contributed by atoms with Crippen molar-refractivity contribution in [3.05, 3.63) is 46.3 Å². The number of fused-ring (bicyclic) bond motifs is 1. The van der Waals surface area contributed by atoms with E-state index in [0.717, 1.165) is 43.6 Å². The van der Waals surface area contributed by atoms with E-state index in [-0.39, 0.29) is 18.4 Å². The first-order valence-corrected chi connectivity index (χ1v) is 10.8. The molecular formula is C23H30N4O3. The molecule has 1 saturated heterocycles. The molecule has 160 valence electrons. The van der Waals surface area contributed by atoms with Crippen molar-refractivity contribution >= 4 is 17.6 Å². The summed E-state index contributed by atoms with van der Waals surface area (Å²) >= 11 is 0. The van der Waals surface area contributed by atoms with Crippen LogP contribution in [0, 0.1) is 13.8 Å². The zero-order valence-electron chi connectivity index (χ0n) is 18.1. The number of aromatic nitrogens is 2. The fourth-order valence-corrected chi connectivity index (χ4v) is 4.51. The van der Waals surface area contributed by atoms with Gasteiger partial charge in [-0.05, 0) is 57.2 Å². The van der Waals surface area contributed by atoms with Gasteiger partial charge in [0.25, 0.3) is 0 Å². The van der Waals surface area contributed by atoms with Gasteiger partial charge in [-0.3, -0.25) is 9.48 Å². The number of amides is 1. The fraction of sp³-hybridized carbons (Fsp3) is 0.522. The molecule has 1 aromatic carbocycles. The highest BCUT2D eigenvalue weighted by Gasteiger charge is 2.29. The zero-order chi connectivity index (χ0) is 21.3. The third kappa shape index (κ3) is 3.80. The smallest absolute Gasteiger partial charge is 0.359 e. The Bertz CT molecular complexity index is 958. The van der Waals surface area contributed by atoms with Gasteiger partial charge in [0.2, 0.25) is 5.91 Å². The van der Waals surface area contributed by atoms with Crippen molar-refractivity contribution < 1.29 is 14.3 Å². The highest BCUT2D eigenvalue weighted by molar-refractivity contribution is 5.89. The Balaban J connectivity index is 1.42. The molecule has 0 N–H and O–H groups in total. The second-order valence-corrected chi connectivity index (χ2v) is 8.09. The van der Waals surface area contributed by atoms with Crippen molar-refractivity contribution in [2.75, 3.05) is 37.7 Å². The van der Waals surface area contributed by atoms with Crippen LogP contribution >= 0.6 is 0 Å². The molecule has 1 aliphatic carbocycles. The Kier molecular flexibility index (Phi) is 5.79. The van der Waals surface area contributed by atoms with Gasteiger partial charge in [-0.25, -0.2) is 4.79 Å². The topological polar surface area (TPSA) is 67.7 Å². The molecule has 1 amide bonds. The number of piperazine rings is 1. The molecule has 1 aromatic heterocycles. The van der Waals surface area contributed by atoms with Gasteiger partial charge in [0.1, 0.15) is 6.54 Å². The molecule has 2 aromatic rings. The number of esters is 1. The van der Waals surface area contributed by atoms with E-state index in [4.69, 9.17) is 4.74 Å². The molecular weight excluding hydrogens is 380 g/mol. The summed E-state index contributed by atoms with van der Waals surface area (Å²) in [6.07, 6.45) is 2.67. The number of carbonyl (C=O) groups is 2. The largest absolute Gasteiger partial charge is 0.461 e. The van der Waals surface area contributed by atoms with Gasteiger partial charge in [0, 0.05) is 43.1 Å². The predicted molar refractivity (Wildman–Crippen MR) is 115 cm³/mol. The summed E-state index contributed by atoms with van der Waals surface area (Å²) in [4.78, 5) is 29.5. The molecule has 0 atom stereocenters. The highest BCUT2D eigenvalue weighted by atomic mass is 16.5. The first-order chi connectivity index (χ1) is 14.5. The van der Waals surface area contributed by atoms with Crippen LogP contribution in [0.25, 0.3) is 0 Å². The van der Waals surface area contributed by atoms with Crippen LogP contribution in [0.5, 0.6) is 0 Å². The first kappa shape index (κ1) is 20.4. The molecule has 2 aliphatic rings. The maximum absolute atomic E-state index is 13.0. The summed E-state index contributed by atoms with van der Waals surface area (Å²) in [7, 11) is 0. The Morgan fingerprint density at radius 3 is 2.60 bits per heavy atom. The van der Waals surface area contributed by atoms with Crippen molar-refractivity contribution in [3.63, 3.8) is 0 Å². The standard InChI is InChI=1S/C23H30N4O3/c1-4-30-23(29)22-18-8-6-10-20(18)27(24-22)15-21(28)26-13-11-25(12-14-26)19-9-5-7-16(2)17(19)3/h5,7,9H,4,6,8,10-15H2,1-3H3. The van der Waals surface area contributed by atoms with Gasteiger partial charge in [-0.2, -0.15) is 5.10 Å². The van der Waals surface area contributed by atoms with Crippen LogP contribution in [0.15, 0.2) is 18.2 Å². The Morgan fingerprint density at radius 2 is 1.87 bits per heavy atom. The summed E-state index contributed by atoms with van der Waals surface area (Å²) in [6.45, 7) is 9.61. The van der Waals surface area contributed by atoms with E-state index in [0.29, 0.717) is 25.4 Å². The Hall–Kier alpha value is -2.83. The molecule has 1 fully saturated rings. The van der Waals surface area contributed by atoms with Gasteiger partial charge in [-0.1, -0.05) is 12.1 Å². The SMILES string of the molecule is CCOC(=O)c1nn(CC(=O)N2CCN(c3cccc(C)c3C)CC2)c2c1CCC2. The van der Waals surface area contributed by atoms with Gasteiger partial charge in [0.15, 0.2) is 5.69 Å². The number of anilines is 1. The molecule has 1 aliphatic heterocycles. The van der Waals surface area contributed by atoms with Crippen LogP contribution in [-0.4, -0.2) is 59.3 Å². The number of ether oxygens (including phenoxy) is 1. The minimum Gasteiger partial charge on any atom is -0.461 e. The minimum atomic E-state index is -0.385. The van der Waals surface area contributed by atoms with E-state index >= 15 is 0 Å². The predicted octanol–water partition coefficient (Wildman–Crippen LogP) is 2.51. The van der Waals surface area contributed by atoms with Gasteiger partial charge in [-0.15, -0.1) is 0 Å². The highest BCUT2D eigenvalue weighted by Crippen LogP contribution is 2.27. The summed E-state index contributed by atoms with van der Waals surface area (Å²) < 4.78 is 6.87. The van der Waals surface area contributed by atoms with E-state index < -0.39 is 0 Å². The van der Waals surface area contributed by atoms with Gasteiger partial charge < -0.3 is 14.5 Å². The minimum absolute atomic E-state index is 0.0585. The van der Waals surface area contributed by atoms with Crippen LogP contribution in [0.4, 0.5) is 5.69 Å². The van der Waals surface area contributed by atoms with Crippen LogP contribution in [-0.2, 0) is 28.9 Å². The number of nitrogens with zero attached hydrogens (tertiary/aromatic N) is 4. The quantitative estimate of drug-likeness (QED) is 0.709. The zero-order valence-corrected chi connectivity index (χ0v) is 18.1. The lowest BCUT2D eigenvalue weighted by Gasteiger charge is -2.37. The van der Waals surface area contributed by atoms with Gasteiger partial charge >= 0.3 is 5.97 Å². The molecule has 0 radical (unpaired) electrons. The van der Waals surface area contributed by atoms with Crippen molar-refractivity contribution in [3.8, 4) is 0 Å². The second-order valence-electron chi connectivity index (χ2n) is 8.09. The molecule has 0 unspecified atom stereocenters. The summed E-state index contributed by atoms with van der Waals surface area (Å²) in [5.41, 5.74) is 6.20. The lowest BCUT2D eigenvalue weighted by Crippen LogP contribution is -2.50. The van der Waals surface area contributed by atoms with Crippen molar-refractivity contribution in [2.24, 2.45) is 0 Å². The normalized spacial score (nSPS) is 16.0. The molecule has 0 bridgehead atoms. The van der Waals surface area contributed by atoms with Crippen molar-refractivity contribution in [1.82, 2.24) is 14.7 Å². The van der Waals surface area contributed by atoms with E-state index in [1.165, 1.54) is 16.8 Å². The van der Waals surface area contributed by atoms with E-state index in [9.17, 15) is 9.59 Å². The number of hydrogen-bond acceptors (Lipinski definition) is 5. The monoisotopic (exact) mass is 410 g/mol. The molecule has 0 saturated carbocycles. The van der Waals surface area contributed by atoms with E-state index in [1.54, 1.807) is 11.6 Å². The van der Waals surface area contributed by atoms with Crippen LogP contribution in [0.3, 0.4) is 0 Å². The number of carbonyl (C=O) groups excluding carboxylic acids is 2. The second kappa shape index (κ2) is 8.50. The molecule has 2 heterocycles. The maximum Gasteiger partial charge on any atom is 0.359 e. The third-order valence-electron chi connectivity index (χ3n) is 6.31. The summed E-state index contributed by atoms with van der Waals surface area (Å²) in [5.74, 6) is -0.327. The van der Waals surface area contributed by atoms with Crippen molar-refractivity contribution in [2.45, 2.75) is 46.6 Å².